The van der Waals surface area contributed by atoms with Gasteiger partial charge in [-0.05, 0) is 36.4 Å². The summed E-state index contributed by atoms with van der Waals surface area (Å²) in [4.78, 5) is 17.8. The summed E-state index contributed by atoms with van der Waals surface area (Å²) in [6, 6.07) is 16.4. The minimum absolute atomic E-state index is 0.247. The molecule has 5 nitrogen and oxygen atoms in total. The van der Waals surface area contributed by atoms with Crippen LogP contribution >= 0.6 is 23.4 Å². The molecule has 1 aromatic heterocycles. The van der Waals surface area contributed by atoms with E-state index in [0.717, 1.165) is 9.92 Å². The molecule has 0 spiro atoms. The first kappa shape index (κ1) is 17.7. The zero-order chi connectivity index (χ0) is 18.6. The van der Waals surface area contributed by atoms with Gasteiger partial charge in [0.1, 0.15) is 18.2 Å². The molecule has 7 heteroatoms. The molecular formula is C20H15ClN2O3S. The van der Waals surface area contributed by atoms with Crippen molar-refractivity contribution in [3.05, 3.63) is 71.4 Å². The first-order chi connectivity index (χ1) is 13.2. The molecule has 136 valence electrons. The Bertz CT molecular complexity index is 965. The maximum atomic E-state index is 12.5. The number of pyridine rings is 1. The Labute approximate surface area is 165 Å². The summed E-state index contributed by atoms with van der Waals surface area (Å²) in [5, 5.41) is 4.12. The average molecular weight is 399 g/mol. The van der Waals surface area contributed by atoms with Crippen molar-refractivity contribution in [2.45, 2.75) is 9.92 Å². The normalized spacial score (nSPS) is 12.5. The summed E-state index contributed by atoms with van der Waals surface area (Å²) in [6.45, 7) is 0.954. The average Bonchev–Trinajstić information content (AvgIpc) is 2.70. The number of anilines is 1. The topological polar surface area (TPSA) is 60.5 Å². The van der Waals surface area contributed by atoms with Gasteiger partial charge >= 0.3 is 0 Å². The number of fused-ring (bicyclic) bond motifs is 1. The molecule has 27 heavy (non-hydrogen) atoms. The SMILES string of the molecule is O=C(Nc1cc2c(cc1Cl)OCCO2)c1ccc(Sc2ccccn2)cc1. The van der Waals surface area contributed by atoms with Gasteiger partial charge in [-0.3, -0.25) is 4.79 Å². The highest BCUT2D eigenvalue weighted by Gasteiger charge is 2.17. The number of carbonyl (C=O) groups excluding carboxylic acids is 1. The zero-order valence-corrected chi connectivity index (χ0v) is 15.7. The number of carbonyl (C=O) groups is 1. The molecule has 1 N–H and O–H groups in total. The van der Waals surface area contributed by atoms with Gasteiger partial charge < -0.3 is 14.8 Å². The minimum atomic E-state index is -0.247. The van der Waals surface area contributed by atoms with Crippen LogP contribution in [-0.4, -0.2) is 24.1 Å². The summed E-state index contributed by atoms with van der Waals surface area (Å²) in [5.74, 6) is 0.908. The highest BCUT2D eigenvalue weighted by atomic mass is 35.5. The Kier molecular flexibility index (Phi) is 5.18. The lowest BCUT2D eigenvalue weighted by Gasteiger charge is -2.20. The molecule has 0 unspecified atom stereocenters. The van der Waals surface area contributed by atoms with Crippen molar-refractivity contribution in [2.75, 3.05) is 18.5 Å². The Balaban J connectivity index is 1.47. The standard InChI is InChI=1S/C20H15ClN2O3S/c21-15-11-17-18(26-10-9-25-17)12-16(15)23-20(24)13-4-6-14(7-5-13)27-19-3-1-2-8-22-19/h1-8,11-12H,9-10H2,(H,23,24). The van der Waals surface area contributed by atoms with Crippen molar-refractivity contribution >= 4 is 35.0 Å². The Morgan fingerprint density at radius 2 is 1.78 bits per heavy atom. The van der Waals surface area contributed by atoms with Gasteiger partial charge in [0.2, 0.25) is 0 Å². The van der Waals surface area contributed by atoms with E-state index in [-0.39, 0.29) is 5.91 Å². The van der Waals surface area contributed by atoms with Crippen LogP contribution in [-0.2, 0) is 0 Å². The summed E-state index contributed by atoms with van der Waals surface area (Å²) >= 11 is 7.78. The van der Waals surface area contributed by atoms with Crippen molar-refractivity contribution < 1.29 is 14.3 Å². The van der Waals surface area contributed by atoms with Gasteiger partial charge in [0, 0.05) is 28.8 Å². The van der Waals surface area contributed by atoms with Crippen LogP contribution in [0.2, 0.25) is 5.02 Å². The largest absolute Gasteiger partial charge is 0.486 e. The third-order valence-corrected chi connectivity index (χ3v) is 5.13. The molecule has 1 aliphatic heterocycles. The van der Waals surface area contributed by atoms with Crippen LogP contribution < -0.4 is 14.8 Å². The van der Waals surface area contributed by atoms with Crippen LogP contribution in [0.5, 0.6) is 11.5 Å². The van der Waals surface area contributed by atoms with Gasteiger partial charge in [0.05, 0.1) is 10.7 Å². The van der Waals surface area contributed by atoms with Crippen LogP contribution in [0.4, 0.5) is 5.69 Å². The molecule has 0 aliphatic carbocycles. The number of nitrogens with one attached hydrogen (secondary N) is 1. The first-order valence-corrected chi connectivity index (χ1v) is 9.48. The van der Waals surface area contributed by atoms with Crippen molar-refractivity contribution in [1.82, 2.24) is 4.98 Å². The molecule has 0 bridgehead atoms. The lowest BCUT2D eigenvalue weighted by Crippen LogP contribution is -2.16. The fourth-order valence-corrected chi connectivity index (χ4v) is 3.53. The Morgan fingerprint density at radius 3 is 2.48 bits per heavy atom. The second-order valence-electron chi connectivity index (χ2n) is 5.72. The third kappa shape index (κ3) is 4.18. The van der Waals surface area contributed by atoms with Gasteiger partial charge in [-0.2, -0.15) is 0 Å². The smallest absolute Gasteiger partial charge is 0.255 e. The lowest BCUT2D eigenvalue weighted by atomic mass is 10.2. The minimum Gasteiger partial charge on any atom is -0.486 e. The molecule has 2 heterocycles. The second-order valence-corrected chi connectivity index (χ2v) is 7.23. The zero-order valence-electron chi connectivity index (χ0n) is 14.1. The lowest BCUT2D eigenvalue weighted by molar-refractivity contribution is 0.102. The third-order valence-electron chi connectivity index (χ3n) is 3.86. The van der Waals surface area contributed by atoms with E-state index in [4.69, 9.17) is 21.1 Å². The van der Waals surface area contributed by atoms with Crippen LogP contribution in [0.3, 0.4) is 0 Å². The molecule has 4 rings (SSSR count). The number of nitrogens with zero attached hydrogens (tertiary/aromatic N) is 1. The maximum Gasteiger partial charge on any atom is 0.255 e. The van der Waals surface area contributed by atoms with E-state index >= 15 is 0 Å². The quantitative estimate of drug-likeness (QED) is 0.676. The predicted molar refractivity (Wildman–Crippen MR) is 105 cm³/mol. The number of hydrogen-bond donors (Lipinski definition) is 1. The number of benzene rings is 2. The number of hydrogen-bond acceptors (Lipinski definition) is 5. The number of halogens is 1. The molecule has 0 saturated carbocycles. The van der Waals surface area contributed by atoms with Crippen molar-refractivity contribution in [1.29, 1.82) is 0 Å². The number of ether oxygens (including phenoxy) is 2. The number of amides is 1. The molecule has 0 fully saturated rings. The van der Waals surface area contributed by atoms with Gasteiger partial charge in [-0.25, -0.2) is 4.98 Å². The summed E-state index contributed by atoms with van der Waals surface area (Å²) < 4.78 is 11.0. The summed E-state index contributed by atoms with van der Waals surface area (Å²) in [5.41, 5.74) is 1.02. The predicted octanol–water partition coefficient (Wildman–Crippen LogP) is 4.91. The monoisotopic (exact) mass is 398 g/mol. The molecule has 2 aromatic carbocycles. The van der Waals surface area contributed by atoms with Crippen molar-refractivity contribution in [2.24, 2.45) is 0 Å². The molecule has 0 atom stereocenters. The van der Waals surface area contributed by atoms with E-state index in [1.165, 1.54) is 11.8 Å². The van der Waals surface area contributed by atoms with Gasteiger partial charge in [-0.1, -0.05) is 29.4 Å². The molecule has 3 aromatic rings. The Morgan fingerprint density at radius 1 is 1.04 bits per heavy atom. The Hall–Kier alpha value is -2.70. The van der Waals surface area contributed by atoms with Crippen LogP contribution in [0, 0.1) is 0 Å². The fraction of sp³-hybridized carbons (Fsp3) is 0.100. The van der Waals surface area contributed by atoms with E-state index in [0.29, 0.717) is 41.0 Å². The van der Waals surface area contributed by atoms with Crippen LogP contribution in [0.1, 0.15) is 10.4 Å². The van der Waals surface area contributed by atoms with E-state index in [9.17, 15) is 4.79 Å². The van der Waals surface area contributed by atoms with Gasteiger partial charge in [-0.15, -0.1) is 0 Å². The van der Waals surface area contributed by atoms with Gasteiger partial charge in [0.15, 0.2) is 11.5 Å². The first-order valence-electron chi connectivity index (χ1n) is 8.28. The number of aromatic nitrogens is 1. The summed E-state index contributed by atoms with van der Waals surface area (Å²) in [7, 11) is 0. The maximum absolute atomic E-state index is 12.5. The van der Waals surface area contributed by atoms with E-state index < -0.39 is 0 Å². The van der Waals surface area contributed by atoms with E-state index in [1.54, 1.807) is 30.5 Å². The van der Waals surface area contributed by atoms with Crippen LogP contribution in [0.15, 0.2) is 70.7 Å². The van der Waals surface area contributed by atoms with E-state index in [2.05, 4.69) is 10.3 Å². The highest BCUT2D eigenvalue weighted by Crippen LogP contribution is 2.38. The molecule has 1 amide bonds. The second kappa shape index (κ2) is 7.90. The number of rotatable bonds is 4. The van der Waals surface area contributed by atoms with Crippen molar-refractivity contribution in [3.8, 4) is 11.5 Å². The van der Waals surface area contributed by atoms with E-state index in [1.807, 2.05) is 30.3 Å². The van der Waals surface area contributed by atoms with Crippen LogP contribution in [0.25, 0.3) is 0 Å². The summed E-state index contributed by atoms with van der Waals surface area (Å²) in [6.07, 6.45) is 1.75. The molecular weight excluding hydrogens is 384 g/mol. The highest BCUT2D eigenvalue weighted by molar-refractivity contribution is 7.99. The van der Waals surface area contributed by atoms with Gasteiger partial charge in [0.25, 0.3) is 5.91 Å². The molecule has 1 aliphatic rings. The van der Waals surface area contributed by atoms with Crippen molar-refractivity contribution in [3.63, 3.8) is 0 Å². The molecule has 0 saturated heterocycles. The fourth-order valence-electron chi connectivity index (χ4n) is 2.56. The molecule has 0 radical (unpaired) electrons.